The zero-order valence-electron chi connectivity index (χ0n) is 12.1. The summed E-state index contributed by atoms with van der Waals surface area (Å²) in [4.78, 5) is 18.3. The normalized spacial score (nSPS) is 12.1. The molecule has 0 amide bonds. The van der Waals surface area contributed by atoms with Gasteiger partial charge < -0.3 is 8.85 Å². The van der Waals surface area contributed by atoms with Crippen LogP contribution < -0.4 is 8.85 Å². The van der Waals surface area contributed by atoms with Crippen molar-refractivity contribution in [1.29, 1.82) is 0 Å². The van der Waals surface area contributed by atoms with Crippen molar-refractivity contribution in [3.8, 4) is 11.9 Å². The van der Waals surface area contributed by atoms with Crippen LogP contribution in [-0.2, 0) is 0 Å². The fraction of sp³-hybridized carbons (Fsp3) is 0.600. The van der Waals surface area contributed by atoms with Crippen LogP contribution in [0.15, 0.2) is 6.20 Å². The van der Waals surface area contributed by atoms with Crippen molar-refractivity contribution in [2.75, 3.05) is 0 Å². The van der Waals surface area contributed by atoms with Crippen molar-refractivity contribution in [3.05, 3.63) is 16.3 Å². The first-order chi connectivity index (χ1) is 8.48. The SMILES string of the molecule is C[Si](C)(C)Oc1ncc([N+](=O)[O-])c(O[Si](C)(C)C)n1. The van der Waals surface area contributed by atoms with Gasteiger partial charge in [-0.2, -0.15) is 9.97 Å². The van der Waals surface area contributed by atoms with Gasteiger partial charge in [-0.05, 0) is 39.3 Å². The van der Waals surface area contributed by atoms with Gasteiger partial charge in [-0.25, -0.2) is 0 Å². The second kappa shape index (κ2) is 5.25. The summed E-state index contributed by atoms with van der Waals surface area (Å²) in [5.41, 5.74) is -0.231. The van der Waals surface area contributed by atoms with E-state index in [9.17, 15) is 10.1 Å². The van der Waals surface area contributed by atoms with Gasteiger partial charge in [-0.15, -0.1) is 0 Å². The summed E-state index contributed by atoms with van der Waals surface area (Å²) < 4.78 is 11.3. The van der Waals surface area contributed by atoms with Crippen molar-refractivity contribution >= 4 is 22.3 Å². The zero-order chi connectivity index (χ0) is 14.8. The zero-order valence-corrected chi connectivity index (χ0v) is 14.1. The molecule has 1 aromatic rings. The third-order valence-corrected chi connectivity index (χ3v) is 3.31. The third-order valence-electron chi connectivity index (χ3n) is 1.71. The van der Waals surface area contributed by atoms with E-state index in [0.717, 1.165) is 6.20 Å². The lowest BCUT2D eigenvalue weighted by Gasteiger charge is -2.20. The maximum atomic E-state index is 10.9. The smallest absolute Gasteiger partial charge is 0.347 e. The average molecular weight is 301 g/mol. The van der Waals surface area contributed by atoms with Crippen LogP contribution in [0.2, 0.25) is 39.3 Å². The Labute approximate surface area is 114 Å². The summed E-state index contributed by atoms with van der Waals surface area (Å²) >= 11 is 0. The van der Waals surface area contributed by atoms with Gasteiger partial charge in [0, 0.05) is 0 Å². The topological polar surface area (TPSA) is 87.4 Å². The van der Waals surface area contributed by atoms with Crippen LogP contribution >= 0.6 is 0 Å². The summed E-state index contributed by atoms with van der Waals surface area (Å²) in [5.74, 6) is -0.00702. The van der Waals surface area contributed by atoms with Gasteiger partial charge >= 0.3 is 11.7 Å². The highest BCUT2D eigenvalue weighted by Gasteiger charge is 2.27. The van der Waals surface area contributed by atoms with Gasteiger partial charge in [0.2, 0.25) is 16.6 Å². The molecule has 0 aliphatic carbocycles. The summed E-state index contributed by atoms with van der Waals surface area (Å²) in [6, 6.07) is 0.137. The molecule has 9 heteroatoms. The third kappa shape index (κ3) is 5.34. The molecule has 106 valence electrons. The van der Waals surface area contributed by atoms with E-state index in [2.05, 4.69) is 9.97 Å². The summed E-state index contributed by atoms with van der Waals surface area (Å²) in [5, 5.41) is 10.9. The first-order valence-electron chi connectivity index (χ1n) is 5.87. The molecule has 1 aromatic heterocycles. The molecular weight excluding hydrogens is 282 g/mol. The molecule has 0 aliphatic rings. The second-order valence-electron chi connectivity index (χ2n) is 6.03. The maximum Gasteiger partial charge on any atom is 0.347 e. The van der Waals surface area contributed by atoms with Crippen LogP contribution in [0.3, 0.4) is 0 Å². The highest BCUT2D eigenvalue weighted by Crippen LogP contribution is 2.28. The van der Waals surface area contributed by atoms with Gasteiger partial charge in [-0.1, -0.05) is 0 Å². The highest BCUT2D eigenvalue weighted by molar-refractivity contribution is 6.70. The predicted molar refractivity (Wildman–Crippen MR) is 76.6 cm³/mol. The van der Waals surface area contributed by atoms with E-state index >= 15 is 0 Å². The maximum absolute atomic E-state index is 10.9. The van der Waals surface area contributed by atoms with E-state index in [0.29, 0.717) is 0 Å². The fourth-order valence-corrected chi connectivity index (χ4v) is 2.53. The molecule has 7 nitrogen and oxygen atoms in total. The molecule has 1 heterocycles. The minimum Gasteiger partial charge on any atom is -0.527 e. The molecule has 0 aromatic carbocycles. The summed E-state index contributed by atoms with van der Waals surface area (Å²) in [6.45, 7) is 11.7. The lowest BCUT2D eigenvalue weighted by atomic mass is 10.5. The lowest BCUT2D eigenvalue weighted by molar-refractivity contribution is -0.386. The molecule has 1 rings (SSSR count). The Bertz CT molecular complexity index is 483. The monoisotopic (exact) mass is 301 g/mol. The number of hydrogen-bond acceptors (Lipinski definition) is 6. The summed E-state index contributed by atoms with van der Waals surface area (Å²) in [7, 11) is -3.86. The molecule has 0 atom stereocenters. The number of hydrogen-bond donors (Lipinski definition) is 0. The van der Waals surface area contributed by atoms with Crippen molar-refractivity contribution in [3.63, 3.8) is 0 Å². The largest absolute Gasteiger partial charge is 0.527 e. The Morgan fingerprint density at radius 3 is 2.05 bits per heavy atom. The fourth-order valence-electron chi connectivity index (χ4n) is 1.16. The molecule has 0 radical (unpaired) electrons. The second-order valence-corrected chi connectivity index (χ2v) is 14.9. The number of aromatic nitrogens is 2. The molecule has 0 saturated heterocycles. The van der Waals surface area contributed by atoms with Crippen LogP contribution in [-0.4, -0.2) is 31.5 Å². The Morgan fingerprint density at radius 2 is 1.63 bits per heavy atom. The molecular formula is C10H19N3O4Si2. The first-order valence-corrected chi connectivity index (χ1v) is 12.7. The quantitative estimate of drug-likeness (QED) is 0.472. The van der Waals surface area contributed by atoms with Crippen LogP contribution in [0.25, 0.3) is 0 Å². The van der Waals surface area contributed by atoms with E-state index in [1.165, 1.54) is 0 Å². The molecule has 0 N–H and O–H groups in total. The van der Waals surface area contributed by atoms with E-state index < -0.39 is 21.6 Å². The molecule has 0 spiro atoms. The predicted octanol–water partition coefficient (Wildman–Crippen LogP) is 2.81. The molecule has 0 unspecified atom stereocenters. The number of nitrogens with zero attached hydrogens (tertiary/aromatic N) is 3. The molecule has 19 heavy (non-hydrogen) atoms. The van der Waals surface area contributed by atoms with Crippen LogP contribution in [0.1, 0.15) is 0 Å². The molecule has 0 saturated carbocycles. The van der Waals surface area contributed by atoms with Gasteiger partial charge in [0.15, 0.2) is 0 Å². The van der Waals surface area contributed by atoms with Gasteiger partial charge in [0.1, 0.15) is 6.20 Å². The van der Waals surface area contributed by atoms with Crippen LogP contribution in [0, 0.1) is 10.1 Å². The Hall–Kier alpha value is -1.49. The minimum atomic E-state index is -2.00. The lowest BCUT2D eigenvalue weighted by Crippen LogP contribution is -2.32. The molecule has 0 fully saturated rings. The molecule has 0 aliphatic heterocycles. The van der Waals surface area contributed by atoms with Crippen molar-refractivity contribution in [2.45, 2.75) is 39.3 Å². The van der Waals surface area contributed by atoms with Crippen LogP contribution in [0.4, 0.5) is 5.69 Å². The Balaban J connectivity index is 3.15. The number of rotatable bonds is 5. The minimum absolute atomic E-state index is 0.00702. The Morgan fingerprint density at radius 1 is 1.11 bits per heavy atom. The first kappa shape index (κ1) is 15.6. The van der Waals surface area contributed by atoms with Gasteiger partial charge in [0.25, 0.3) is 5.88 Å². The standard InChI is InChI=1S/C10H19N3O4Si2/c1-18(2,3)16-9-8(13(14)15)7-11-10(12-9)17-19(4,5)6/h7H,1-6H3. The number of nitro groups is 1. The van der Waals surface area contributed by atoms with E-state index in [4.69, 9.17) is 8.85 Å². The van der Waals surface area contributed by atoms with E-state index in [1.807, 2.05) is 39.3 Å². The van der Waals surface area contributed by atoms with Crippen molar-refractivity contribution < 1.29 is 13.8 Å². The highest BCUT2D eigenvalue weighted by atomic mass is 28.4. The van der Waals surface area contributed by atoms with Crippen LogP contribution in [0.5, 0.6) is 11.9 Å². The van der Waals surface area contributed by atoms with Gasteiger partial charge in [0.05, 0.1) is 4.92 Å². The van der Waals surface area contributed by atoms with E-state index in [1.54, 1.807) is 0 Å². The van der Waals surface area contributed by atoms with Crippen molar-refractivity contribution in [1.82, 2.24) is 9.97 Å². The van der Waals surface area contributed by atoms with E-state index in [-0.39, 0.29) is 17.6 Å². The van der Waals surface area contributed by atoms with Crippen molar-refractivity contribution in [2.24, 2.45) is 0 Å². The Kier molecular flexibility index (Phi) is 4.30. The average Bonchev–Trinajstić information content (AvgIpc) is 2.11. The summed E-state index contributed by atoms with van der Waals surface area (Å²) in [6.07, 6.45) is 1.14. The molecule has 0 bridgehead atoms. The van der Waals surface area contributed by atoms with Gasteiger partial charge in [-0.3, -0.25) is 10.1 Å².